The van der Waals surface area contributed by atoms with E-state index in [-0.39, 0.29) is 34.2 Å². The molecule has 3 heterocycles. The van der Waals surface area contributed by atoms with E-state index >= 15 is 0 Å². The molecule has 1 aromatic carbocycles. The SMILES string of the molecule is COc1ccc(C(=O)OC2C[C@H](n3cnc4c(N)ncnc43)O[C@@H]2COP(=O)(O)OP(=O)(O)OP(=O)(O)O)c(C(C)SSC)c1. The molecule has 1 aliphatic heterocycles. The molecule has 2 aromatic heterocycles. The van der Waals surface area contributed by atoms with Gasteiger partial charge in [0.15, 0.2) is 11.5 Å². The monoisotopic (exact) mass is 731 g/mol. The Balaban J connectivity index is 1.60. The van der Waals surface area contributed by atoms with Crippen molar-refractivity contribution < 1.29 is 65.4 Å². The van der Waals surface area contributed by atoms with Gasteiger partial charge in [0.25, 0.3) is 0 Å². The van der Waals surface area contributed by atoms with Crippen molar-refractivity contribution in [2.24, 2.45) is 0 Å². The molecule has 0 amide bonds. The average Bonchev–Trinajstić information content (AvgIpc) is 3.54. The van der Waals surface area contributed by atoms with E-state index in [2.05, 4.69) is 23.6 Å². The summed E-state index contributed by atoms with van der Waals surface area (Å²) in [5, 5.41) is -0.159. The predicted octanol–water partition coefficient (Wildman–Crippen LogP) is 3.35. The van der Waals surface area contributed by atoms with Gasteiger partial charge in [-0.05, 0) is 36.9 Å². The van der Waals surface area contributed by atoms with E-state index in [1.54, 1.807) is 12.1 Å². The number of carbonyl (C=O) groups excluding carboxylic acids is 1. The van der Waals surface area contributed by atoms with Crippen molar-refractivity contribution in [1.82, 2.24) is 19.5 Å². The molecule has 0 radical (unpaired) electrons. The third-order valence-corrected chi connectivity index (χ3v) is 12.1. The van der Waals surface area contributed by atoms with Crippen LogP contribution in [-0.4, -0.2) is 77.2 Å². The van der Waals surface area contributed by atoms with Crippen molar-refractivity contribution in [3.63, 3.8) is 0 Å². The Morgan fingerprint density at radius 1 is 1.16 bits per heavy atom. The molecule has 6 atom stereocenters. The lowest BCUT2D eigenvalue weighted by molar-refractivity contribution is -0.0490. The fraction of sp³-hybridized carbons (Fsp3) is 0.429. The summed E-state index contributed by atoms with van der Waals surface area (Å²) in [6.07, 6.45) is 1.02. The molecule has 6 N–H and O–H groups in total. The second kappa shape index (κ2) is 14.4. The van der Waals surface area contributed by atoms with Crippen LogP contribution in [0.2, 0.25) is 0 Å². The smallest absolute Gasteiger partial charge is 0.490 e. The average molecular weight is 732 g/mol. The standard InChI is InChI=1S/C21H28N5O14P3S2/c1-11(45-44-3)14-6-12(35-2)4-5-13(14)21(27)38-15-7-17(26-10-25-18-19(22)23-9-24-20(18)26)37-16(15)8-36-42(31,32)40-43(33,34)39-41(28,29)30/h4-6,9-11,15-17H,7-8H2,1-3H3,(H,31,32)(H,33,34)(H2,22,23,24)(H2,28,29,30)/t11?,15?,16-,17-/m1/s1. The van der Waals surface area contributed by atoms with E-state index in [4.69, 9.17) is 34.3 Å². The first-order chi connectivity index (χ1) is 21.0. The number of nitrogens with zero attached hydrogens (tertiary/aromatic N) is 4. The van der Waals surface area contributed by atoms with Gasteiger partial charge in [0.1, 0.15) is 36.0 Å². The number of hydrogen-bond donors (Lipinski definition) is 5. The third kappa shape index (κ3) is 9.26. The number of anilines is 1. The molecule has 3 aromatic rings. The number of imidazole rings is 1. The van der Waals surface area contributed by atoms with Crippen LogP contribution in [0.3, 0.4) is 0 Å². The number of fused-ring (bicyclic) bond motifs is 1. The number of rotatable bonds is 14. The Bertz CT molecular complexity index is 1690. The van der Waals surface area contributed by atoms with Crippen LogP contribution in [0.25, 0.3) is 11.2 Å². The van der Waals surface area contributed by atoms with Crippen LogP contribution in [0.4, 0.5) is 5.82 Å². The summed E-state index contributed by atoms with van der Waals surface area (Å²) < 4.78 is 66.0. The predicted molar refractivity (Wildman–Crippen MR) is 160 cm³/mol. The molecule has 45 heavy (non-hydrogen) atoms. The van der Waals surface area contributed by atoms with Gasteiger partial charge in [-0.15, -0.1) is 0 Å². The lowest BCUT2D eigenvalue weighted by Crippen LogP contribution is -2.31. The molecule has 0 bridgehead atoms. The molecule has 4 rings (SSSR count). The van der Waals surface area contributed by atoms with Crippen molar-refractivity contribution >= 4 is 68.0 Å². The van der Waals surface area contributed by atoms with Crippen LogP contribution in [0.5, 0.6) is 5.75 Å². The number of carbonyl (C=O) groups is 1. The molecular weight excluding hydrogens is 703 g/mol. The molecule has 1 fully saturated rings. The van der Waals surface area contributed by atoms with E-state index in [1.807, 2.05) is 13.2 Å². The largest absolute Gasteiger partial charge is 0.497 e. The number of nitrogen functional groups attached to an aromatic ring is 1. The first kappa shape index (κ1) is 35.8. The summed E-state index contributed by atoms with van der Waals surface area (Å²) in [6.45, 7) is 1.03. The van der Waals surface area contributed by atoms with E-state index < -0.39 is 54.5 Å². The number of esters is 1. The minimum Gasteiger partial charge on any atom is -0.497 e. The van der Waals surface area contributed by atoms with Crippen LogP contribution in [0.15, 0.2) is 30.9 Å². The van der Waals surface area contributed by atoms with Gasteiger partial charge < -0.3 is 39.5 Å². The van der Waals surface area contributed by atoms with Gasteiger partial charge in [-0.3, -0.25) is 9.09 Å². The van der Waals surface area contributed by atoms with Crippen LogP contribution < -0.4 is 10.5 Å². The van der Waals surface area contributed by atoms with E-state index in [0.717, 1.165) is 0 Å². The first-order valence-electron chi connectivity index (χ1n) is 12.5. The fourth-order valence-electron chi connectivity index (χ4n) is 4.28. The maximum absolute atomic E-state index is 13.5. The molecule has 0 aliphatic carbocycles. The molecule has 1 aliphatic rings. The van der Waals surface area contributed by atoms with Crippen LogP contribution in [0.1, 0.15) is 40.7 Å². The Hall–Kier alpha value is -2.09. The molecule has 1 saturated heterocycles. The molecule has 248 valence electrons. The number of aromatic nitrogens is 4. The molecule has 24 heteroatoms. The van der Waals surface area contributed by atoms with Crippen LogP contribution in [0, 0.1) is 0 Å². The maximum atomic E-state index is 13.5. The van der Waals surface area contributed by atoms with Crippen molar-refractivity contribution in [3.8, 4) is 5.75 Å². The highest BCUT2D eigenvalue weighted by atomic mass is 33.1. The van der Waals surface area contributed by atoms with Gasteiger partial charge in [-0.2, -0.15) is 8.62 Å². The second-order valence-corrected chi connectivity index (χ2v) is 16.4. The molecule has 4 unspecified atom stereocenters. The highest BCUT2D eigenvalue weighted by Gasteiger charge is 2.44. The van der Waals surface area contributed by atoms with Crippen LogP contribution in [-0.2, 0) is 36.3 Å². The van der Waals surface area contributed by atoms with E-state index in [9.17, 15) is 28.3 Å². The molecule has 19 nitrogen and oxygen atoms in total. The number of phosphoric ester groups is 1. The summed E-state index contributed by atoms with van der Waals surface area (Å²) in [5.41, 5.74) is 7.24. The van der Waals surface area contributed by atoms with Gasteiger partial charge in [0.2, 0.25) is 0 Å². The van der Waals surface area contributed by atoms with Crippen molar-refractivity contribution in [1.29, 1.82) is 0 Å². The van der Waals surface area contributed by atoms with E-state index in [1.165, 1.54) is 52.0 Å². The number of hydrogen-bond acceptors (Lipinski definition) is 16. The Kier molecular flexibility index (Phi) is 11.4. The maximum Gasteiger partial charge on any atom is 0.490 e. The summed E-state index contributed by atoms with van der Waals surface area (Å²) in [4.78, 5) is 62.7. The van der Waals surface area contributed by atoms with E-state index in [0.29, 0.717) is 11.3 Å². The summed E-state index contributed by atoms with van der Waals surface area (Å²) in [6, 6.07) is 4.82. The number of ether oxygens (including phenoxy) is 3. The molecule has 0 spiro atoms. The molecule has 0 saturated carbocycles. The minimum absolute atomic E-state index is 0.0495. The Labute approximate surface area is 263 Å². The third-order valence-electron chi connectivity index (χ3n) is 6.11. The summed E-state index contributed by atoms with van der Waals surface area (Å²) in [5.74, 6) is -0.157. The summed E-state index contributed by atoms with van der Waals surface area (Å²) >= 11 is 0. The highest BCUT2D eigenvalue weighted by molar-refractivity contribution is 8.76. The quantitative estimate of drug-likeness (QED) is 0.0903. The van der Waals surface area contributed by atoms with Gasteiger partial charge in [-0.1, -0.05) is 21.6 Å². The molecular formula is C21H28N5O14P3S2. The van der Waals surface area contributed by atoms with Crippen molar-refractivity contribution in [2.75, 3.05) is 25.7 Å². The topological polar surface area (TPSA) is 274 Å². The van der Waals surface area contributed by atoms with Gasteiger partial charge in [0, 0.05) is 11.7 Å². The van der Waals surface area contributed by atoms with Gasteiger partial charge >= 0.3 is 29.4 Å². The first-order valence-corrected chi connectivity index (χ1v) is 19.6. The summed E-state index contributed by atoms with van der Waals surface area (Å²) in [7, 11) is -12.4. The number of nitrogens with two attached hydrogens (primary N) is 1. The van der Waals surface area contributed by atoms with Gasteiger partial charge in [-0.25, -0.2) is 33.4 Å². The highest BCUT2D eigenvalue weighted by Crippen LogP contribution is 2.66. The number of phosphoric acid groups is 3. The van der Waals surface area contributed by atoms with Gasteiger partial charge in [0.05, 0.1) is 25.6 Å². The lowest BCUT2D eigenvalue weighted by Gasteiger charge is -2.22. The normalized spacial score (nSPS) is 22.1. The Morgan fingerprint density at radius 2 is 1.89 bits per heavy atom. The number of benzene rings is 1. The minimum atomic E-state index is -5.77. The van der Waals surface area contributed by atoms with Crippen molar-refractivity contribution in [2.45, 2.75) is 37.0 Å². The zero-order valence-electron chi connectivity index (χ0n) is 23.5. The zero-order valence-corrected chi connectivity index (χ0v) is 27.8. The zero-order chi connectivity index (χ0) is 33.2. The number of methoxy groups -OCH3 is 1. The van der Waals surface area contributed by atoms with Crippen LogP contribution >= 0.6 is 45.1 Å². The lowest BCUT2D eigenvalue weighted by atomic mass is 10.0. The Morgan fingerprint density at radius 3 is 2.56 bits per heavy atom. The fourth-order valence-corrected chi connectivity index (χ4v) is 9.08. The van der Waals surface area contributed by atoms with Crippen molar-refractivity contribution in [3.05, 3.63) is 42.0 Å². The second-order valence-electron chi connectivity index (χ2n) is 9.14.